The zero-order valence-electron chi connectivity index (χ0n) is 12.9. The molecule has 0 radical (unpaired) electrons. The standard InChI is InChI=1S/C18H19N3O2/c1-12-10-16(22)21-15-9-5-8-14(17(15)20-12)18(23)19-11-13-6-3-2-4-7-13/h2-9,12,20H,10-11H2,1H3,(H,19,23)(H,21,22)/t12-/m1/s1. The molecule has 0 aliphatic carbocycles. The monoisotopic (exact) mass is 309 g/mol. The van der Waals surface area contributed by atoms with E-state index in [1.807, 2.05) is 37.3 Å². The van der Waals surface area contributed by atoms with Gasteiger partial charge in [0.2, 0.25) is 5.91 Å². The van der Waals surface area contributed by atoms with Crippen LogP contribution in [0.2, 0.25) is 0 Å². The molecule has 2 aromatic rings. The van der Waals surface area contributed by atoms with Crippen molar-refractivity contribution in [3.63, 3.8) is 0 Å². The fourth-order valence-electron chi connectivity index (χ4n) is 2.65. The van der Waals surface area contributed by atoms with Gasteiger partial charge in [0, 0.05) is 19.0 Å². The Labute approximate surface area is 135 Å². The van der Waals surface area contributed by atoms with Crippen LogP contribution in [-0.2, 0) is 11.3 Å². The topological polar surface area (TPSA) is 70.2 Å². The molecule has 3 N–H and O–H groups in total. The maximum absolute atomic E-state index is 12.5. The second-order valence-electron chi connectivity index (χ2n) is 5.69. The van der Waals surface area contributed by atoms with Crippen LogP contribution in [0.5, 0.6) is 0 Å². The van der Waals surface area contributed by atoms with Crippen molar-refractivity contribution in [2.45, 2.75) is 25.9 Å². The number of para-hydroxylation sites is 1. The molecule has 3 rings (SSSR count). The number of nitrogens with one attached hydrogen (secondary N) is 3. The Morgan fingerprint density at radius 1 is 1.17 bits per heavy atom. The van der Waals surface area contributed by atoms with E-state index in [9.17, 15) is 9.59 Å². The van der Waals surface area contributed by atoms with Gasteiger partial charge in [0.1, 0.15) is 0 Å². The molecule has 0 fully saturated rings. The van der Waals surface area contributed by atoms with Crippen molar-refractivity contribution in [2.75, 3.05) is 10.6 Å². The van der Waals surface area contributed by atoms with Gasteiger partial charge in [-0.1, -0.05) is 36.4 Å². The summed E-state index contributed by atoms with van der Waals surface area (Å²) in [5.74, 6) is -0.216. The Bertz CT molecular complexity index is 728. The van der Waals surface area contributed by atoms with Gasteiger partial charge in [0.15, 0.2) is 0 Å². The molecule has 0 saturated carbocycles. The number of carbonyl (C=O) groups is 2. The first-order valence-corrected chi connectivity index (χ1v) is 7.65. The first-order chi connectivity index (χ1) is 11.1. The van der Waals surface area contributed by atoms with Gasteiger partial charge in [-0.25, -0.2) is 0 Å². The van der Waals surface area contributed by atoms with E-state index in [2.05, 4.69) is 16.0 Å². The van der Waals surface area contributed by atoms with Crippen LogP contribution in [0, 0.1) is 0 Å². The summed E-state index contributed by atoms with van der Waals surface area (Å²) in [7, 11) is 0. The van der Waals surface area contributed by atoms with Crippen molar-refractivity contribution in [3.8, 4) is 0 Å². The summed E-state index contributed by atoms with van der Waals surface area (Å²) in [5.41, 5.74) is 2.90. The average molecular weight is 309 g/mol. The summed E-state index contributed by atoms with van der Waals surface area (Å²) < 4.78 is 0. The predicted molar refractivity (Wildman–Crippen MR) is 90.4 cm³/mol. The van der Waals surface area contributed by atoms with Gasteiger partial charge in [-0.05, 0) is 24.6 Å². The molecule has 0 spiro atoms. The maximum atomic E-state index is 12.5. The van der Waals surface area contributed by atoms with Gasteiger partial charge in [0.05, 0.1) is 16.9 Å². The van der Waals surface area contributed by atoms with Crippen molar-refractivity contribution < 1.29 is 9.59 Å². The van der Waals surface area contributed by atoms with Crippen LogP contribution < -0.4 is 16.0 Å². The molecule has 118 valence electrons. The minimum Gasteiger partial charge on any atom is -0.380 e. The van der Waals surface area contributed by atoms with Gasteiger partial charge in [-0.15, -0.1) is 0 Å². The molecule has 5 heteroatoms. The molecule has 23 heavy (non-hydrogen) atoms. The number of hydrogen-bond acceptors (Lipinski definition) is 3. The van der Waals surface area contributed by atoms with E-state index in [0.29, 0.717) is 29.9 Å². The van der Waals surface area contributed by atoms with E-state index in [4.69, 9.17) is 0 Å². The zero-order valence-corrected chi connectivity index (χ0v) is 12.9. The molecule has 0 bridgehead atoms. The normalized spacial score (nSPS) is 16.6. The van der Waals surface area contributed by atoms with Crippen molar-refractivity contribution >= 4 is 23.2 Å². The number of rotatable bonds is 3. The summed E-state index contributed by atoms with van der Waals surface area (Å²) in [4.78, 5) is 24.3. The van der Waals surface area contributed by atoms with Gasteiger partial charge in [0.25, 0.3) is 5.91 Å². The maximum Gasteiger partial charge on any atom is 0.253 e. The summed E-state index contributed by atoms with van der Waals surface area (Å²) in [6.07, 6.45) is 0.375. The smallest absolute Gasteiger partial charge is 0.253 e. The van der Waals surface area contributed by atoms with E-state index >= 15 is 0 Å². The highest BCUT2D eigenvalue weighted by molar-refractivity contribution is 6.06. The summed E-state index contributed by atoms with van der Waals surface area (Å²) in [6.45, 7) is 2.39. The van der Waals surface area contributed by atoms with E-state index in [1.165, 1.54) is 0 Å². The minimum absolute atomic E-state index is 0.0284. The van der Waals surface area contributed by atoms with Gasteiger partial charge in [-0.3, -0.25) is 9.59 Å². The first kappa shape index (κ1) is 15.1. The highest BCUT2D eigenvalue weighted by atomic mass is 16.2. The second-order valence-corrected chi connectivity index (χ2v) is 5.69. The molecule has 1 aliphatic heterocycles. The number of fused-ring (bicyclic) bond motifs is 1. The molecule has 0 unspecified atom stereocenters. The number of hydrogen-bond donors (Lipinski definition) is 3. The van der Waals surface area contributed by atoms with Crippen LogP contribution in [0.4, 0.5) is 11.4 Å². The summed E-state index contributed by atoms with van der Waals surface area (Å²) in [6, 6.07) is 15.1. The molecule has 1 atom stereocenters. The third-order valence-corrected chi connectivity index (χ3v) is 3.76. The third-order valence-electron chi connectivity index (χ3n) is 3.76. The van der Waals surface area contributed by atoms with Gasteiger partial charge < -0.3 is 16.0 Å². The van der Waals surface area contributed by atoms with Crippen LogP contribution in [0.3, 0.4) is 0 Å². The predicted octanol–water partition coefficient (Wildman–Crippen LogP) is 2.76. The van der Waals surface area contributed by atoms with Gasteiger partial charge >= 0.3 is 0 Å². The second kappa shape index (κ2) is 6.52. The lowest BCUT2D eigenvalue weighted by molar-refractivity contribution is -0.116. The van der Waals surface area contributed by atoms with E-state index < -0.39 is 0 Å². The van der Waals surface area contributed by atoms with Crippen LogP contribution in [0.25, 0.3) is 0 Å². The van der Waals surface area contributed by atoms with E-state index in [-0.39, 0.29) is 17.9 Å². The van der Waals surface area contributed by atoms with Crippen molar-refractivity contribution in [1.82, 2.24) is 5.32 Å². The van der Waals surface area contributed by atoms with Gasteiger partial charge in [-0.2, -0.15) is 0 Å². The average Bonchev–Trinajstić information content (AvgIpc) is 2.69. The van der Waals surface area contributed by atoms with E-state index in [0.717, 1.165) is 5.56 Å². The lowest BCUT2D eigenvalue weighted by Crippen LogP contribution is -2.25. The largest absolute Gasteiger partial charge is 0.380 e. The number of carbonyl (C=O) groups excluding carboxylic acids is 2. The van der Waals surface area contributed by atoms with Crippen LogP contribution in [0.15, 0.2) is 48.5 Å². The molecule has 2 aromatic carbocycles. The van der Waals surface area contributed by atoms with Crippen LogP contribution >= 0.6 is 0 Å². The highest BCUT2D eigenvalue weighted by Crippen LogP contribution is 2.29. The molecule has 1 aliphatic rings. The van der Waals surface area contributed by atoms with Crippen LogP contribution in [-0.4, -0.2) is 17.9 Å². The number of anilines is 2. The molecule has 5 nitrogen and oxygen atoms in total. The molecule has 0 saturated heterocycles. The fraction of sp³-hybridized carbons (Fsp3) is 0.222. The van der Waals surface area contributed by atoms with Crippen molar-refractivity contribution in [2.24, 2.45) is 0 Å². The lowest BCUT2D eigenvalue weighted by Gasteiger charge is -2.16. The summed E-state index contributed by atoms with van der Waals surface area (Å²) in [5, 5.41) is 9.02. The molecular formula is C18H19N3O2. The molecule has 1 heterocycles. The van der Waals surface area contributed by atoms with Crippen LogP contribution in [0.1, 0.15) is 29.3 Å². The van der Waals surface area contributed by atoms with Crippen molar-refractivity contribution in [1.29, 1.82) is 0 Å². The highest BCUT2D eigenvalue weighted by Gasteiger charge is 2.22. The Morgan fingerprint density at radius 3 is 2.74 bits per heavy atom. The SMILES string of the molecule is C[C@@H]1CC(=O)Nc2cccc(C(=O)NCc3ccccc3)c2N1. The lowest BCUT2D eigenvalue weighted by atomic mass is 10.1. The Balaban J connectivity index is 1.81. The molecule has 2 amide bonds. The fourth-order valence-corrected chi connectivity index (χ4v) is 2.65. The zero-order chi connectivity index (χ0) is 16.2. The third kappa shape index (κ3) is 3.51. The van der Waals surface area contributed by atoms with E-state index in [1.54, 1.807) is 18.2 Å². The Hall–Kier alpha value is -2.82. The summed E-state index contributed by atoms with van der Waals surface area (Å²) >= 11 is 0. The molecule has 0 aromatic heterocycles. The quantitative estimate of drug-likeness (QED) is 0.816. The minimum atomic E-state index is -0.165. The number of benzene rings is 2. The number of amides is 2. The first-order valence-electron chi connectivity index (χ1n) is 7.65. The Kier molecular flexibility index (Phi) is 4.28. The Morgan fingerprint density at radius 2 is 1.96 bits per heavy atom. The molecular weight excluding hydrogens is 290 g/mol. The van der Waals surface area contributed by atoms with Crippen molar-refractivity contribution in [3.05, 3.63) is 59.7 Å².